The smallest absolute Gasteiger partial charge is 0.0697 e. The molecule has 1 N–H and O–H groups in total. The van der Waals surface area contributed by atoms with E-state index in [1.807, 2.05) is 0 Å². The molecular formula is C18H35NO. The summed E-state index contributed by atoms with van der Waals surface area (Å²) >= 11 is 0. The third-order valence-electron chi connectivity index (χ3n) is 5.15. The Morgan fingerprint density at radius 1 is 1.10 bits per heavy atom. The molecule has 2 fully saturated rings. The van der Waals surface area contributed by atoms with Crippen LogP contribution in [0.25, 0.3) is 0 Å². The second-order valence-electron chi connectivity index (χ2n) is 7.48. The summed E-state index contributed by atoms with van der Waals surface area (Å²) in [5.74, 6) is 0.873. The van der Waals surface area contributed by atoms with Crippen LogP contribution in [-0.4, -0.2) is 24.8 Å². The van der Waals surface area contributed by atoms with Crippen LogP contribution in [0.15, 0.2) is 0 Å². The fraction of sp³-hybridized carbons (Fsp3) is 1.00. The number of ether oxygens (including phenoxy) is 1. The average Bonchev–Trinajstić information content (AvgIpc) is 2.85. The molecule has 0 radical (unpaired) electrons. The molecule has 1 unspecified atom stereocenters. The Balaban J connectivity index is 1.51. The third kappa shape index (κ3) is 5.37. The quantitative estimate of drug-likeness (QED) is 0.653. The van der Waals surface area contributed by atoms with Crippen LogP contribution in [-0.2, 0) is 4.74 Å². The molecule has 20 heavy (non-hydrogen) atoms. The molecule has 1 atom stereocenters. The highest BCUT2D eigenvalue weighted by Gasteiger charge is 2.39. The maximum atomic E-state index is 6.10. The van der Waals surface area contributed by atoms with Crippen molar-refractivity contribution < 1.29 is 4.74 Å². The van der Waals surface area contributed by atoms with Crippen LogP contribution >= 0.6 is 0 Å². The molecule has 1 aliphatic carbocycles. The first-order chi connectivity index (χ1) is 9.70. The van der Waals surface area contributed by atoms with E-state index in [0.29, 0.717) is 0 Å². The Labute approximate surface area is 126 Å². The molecule has 0 aromatic carbocycles. The predicted molar refractivity (Wildman–Crippen MR) is 86.1 cm³/mol. The first-order valence-electron chi connectivity index (χ1n) is 9.08. The van der Waals surface area contributed by atoms with Crippen LogP contribution in [0.5, 0.6) is 0 Å². The molecule has 0 aromatic heterocycles. The molecule has 118 valence electrons. The van der Waals surface area contributed by atoms with Crippen molar-refractivity contribution in [3.8, 4) is 0 Å². The Morgan fingerprint density at radius 3 is 2.60 bits per heavy atom. The van der Waals surface area contributed by atoms with Crippen molar-refractivity contribution in [3.63, 3.8) is 0 Å². The van der Waals surface area contributed by atoms with Gasteiger partial charge in [-0.1, -0.05) is 52.4 Å². The topological polar surface area (TPSA) is 21.3 Å². The number of nitrogens with one attached hydrogen (secondary N) is 1. The zero-order chi connectivity index (χ0) is 14.3. The highest BCUT2D eigenvalue weighted by atomic mass is 16.5. The molecule has 2 heteroatoms. The van der Waals surface area contributed by atoms with Gasteiger partial charge in [0.2, 0.25) is 0 Å². The van der Waals surface area contributed by atoms with Crippen molar-refractivity contribution in [1.82, 2.24) is 5.32 Å². The monoisotopic (exact) mass is 281 g/mol. The van der Waals surface area contributed by atoms with Gasteiger partial charge in [-0.3, -0.25) is 0 Å². The van der Waals surface area contributed by atoms with Gasteiger partial charge in [-0.15, -0.1) is 0 Å². The van der Waals surface area contributed by atoms with E-state index in [0.717, 1.165) is 18.6 Å². The first-order valence-corrected chi connectivity index (χ1v) is 9.08. The normalized spacial score (nSPS) is 25.6. The SMILES string of the molecule is CC(C)CCCCCCNC1CCOC2(CCCC2)C1. The predicted octanol–water partition coefficient (Wildman–Crippen LogP) is 4.67. The molecule has 2 aliphatic rings. The van der Waals surface area contributed by atoms with Crippen LogP contribution in [0.1, 0.15) is 84.5 Å². The minimum absolute atomic E-state index is 0.271. The average molecular weight is 281 g/mol. The minimum atomic E-state index is 0.271. The maximum absolute atomic E-state index is 6.10. The maximum Gasteiger partial charge on any atom is 0.0697 e. The zero-order valence-corrected chi connectivity index (χ0v) is 13.8. The van der Waals surface area contributed by atoms with Crippen LogP contribution < -0.4 is 5.32 Å². The molecule has 1 heterocycles. The first kappa shape index (κ1) is 16.3. The zero-order valence-electron chi connectivity index (χ0n) is 13.8. The molecule has 2 nitrogen and oxygen atoms in total. The molecule has 0 bridgehead atoms. The van der Waals surface area contributed by atoms with Crippen molar-refractivity contribution in [2.75, 3.05) is 13.2 Å². The standard InChI is InChI=1S/C18H35NO/c1-16(2)9-5-3-4-8-13-19-17-10-14-20-18(15-17)11-6-7-12-18/h16-17,19H,3-15H2,1-2H3. The lowest BCUT2D eigenvalue weighted by atomic mass is 9.89. The van der Waals surface area contributed by atoms with Crippen molar-refractivity contribution in [3.05, 3.63) is 0 Å². The molecule has 1 spiro atoms. The van der Waals surface area contributed by atoms with Gasteiger partial charge in [0.1, 0.15) is 0 Å². The van der Waals surface area contributed by atoms with Crippen LogP contribution in [0.3, 0.4) is 0 Å². The van der Waals surface area contributed by atoms with Gasteiger partial charge in [0.05, 0.1) is 5.60 Å². The van der Waals surface area contributed by atoms with Gasteiger partial charge in [0.15, 0.2) is 0 Å². The van der Waals surface area contributed by atoms with Gasteiger partial charge in [0.25, 0.3) is 0 Å². The lowest BCUT2D eigenvalue weighted by molar-refractivity contribution is -0.0835. The van der Waals surface area contributed by atoms with E-state index in [2.05, 4.69) is 19.2 Å². The van der Waals surface area contributed by atoms with Crippen molar-refractivity contribution >= 4 is 0 Å². The summed E-state index contributed by atoms with van der Waals surface area (Å²) in [5, 5.41) is 3.79. The Morgan fingerprint density at radius 2 is 1.85 bits per heavy atom. The number of unbranched alkanes of at least 4 members (excludes halogenated alkanes) is 3. The highest BCUT2D eigenvalue weighted by Crippen LogP contribution is 2.39. The van der Waals surface area contributed by atoms with E-state index in [1.165, 1.54) is 77.2 Å². The summed E-state index contributed by atoms with van der Waals surface area (Å²) in [6.07, 6.45) is 14.8. The van der Waals surface area contributed by atoms with Gasteiger partial charge in [-0.2, -0.15) is 0 Å². The molecular weight excluding hydrogens is 246 g/mol. The summed E-state index contributed by atoms with van der Waals surface area (Å²) in [5.41, 5.74) is 0.271. The number of hydrogen-bond donors (Lipinski definition) is 1. The van der Waals surface area contributed by atoms with E-state index in [4.69, 9.17) is 4.74 Å². The van der Waals surface area contributed by atoms with Gasteiger partial charge >= 0.3 is 0 Å². The van der Waals surface area contributed by atoms with Crippen molar-refractivity contribution in [2.24, 2.45) is 5.92 Å². The second kappa shape index (κ2) is 8.38. The largest absolute Gasteiger partial charge is 0.375 e. The molecule has 0 amide bonds. The molecule has 2 rings (SSSR count). The lowest BCUT2D eigenvalue weighted by Crippen LogP contribution is -2.45. The minimum Gasteiger partial charge on any atom is -0.375 e. The Bertz CT molecular complexity index is 258. The van der Waals surface area contributed by atoms with Gasteiger partial charge in [0, 0.05) is 12.6 Å². The third-order valence-corrected chi connectivity index (χ3v) is 5.15. The van der Waals surface area contributed by atoms with E-state index >= 15 is 0 Å². The van der Waals surface area contributed by atoms with E-state index in [-0.39, 0.29) is 5.60 Å². The van der Waals surface area contributed by atoms with E-state index < -0.39 is 0 Å². The Kier molecular flexibility index (Phi) is 6.83. The number of hydrogen-bond acceptors (Lipinski definition) is 2. The van der Waals surface area contributed by atoms with Gasteiger partial charge in [-0.25, -0.2) is 0 Å². The van der Waals surface area contributed by atoms with Crippen molar-refractivity contribution in [2.45, 2.75) is 96.1 Å². The second-order valence-corrected chi connectivity index (χ2v) is 7.48. The van der Waals surface area contributed by atoms with Gasteiger partial charge < -0.3 is 10.1 Å². The van der Waals surface area contributed by atoms with E-state index in [9.17, 15) is 0 Å². The number of rotatable bonds is 8. The fourth-order valence-corrected chi connectivity index (χ4v) is 3.91. The van der Waals surface area contributed by atoms with Crippen LogP contribution in [0.2, 0.25) is 0 Å². The Hall–Kier alpha value is -0.0800. The summed E-state index contributed by atoms with van der Waals surface area (Å²) in [6.45, 7) is 6.84. The fourth-order valence-electron chi connectivity index (χ4n) is 3.91. The lowest BCUT2D eigenvalue weighted by Gasteiger charge is -2.38. The summed E-state index contributed by atoms with van der Waals surface area (Å²) < 4.78 is 6.10. The summed E-state index contributed by atoms with van der Waals surface area (Å²) in [4.78, 5) is 0. The van der Waals surface area contributed by atoms with Gasteiger partial charge in [-0.05, 0) is 44.6 Å². The van der Waals surface area contributed by atoms with E-state index in [1.54, 1.807) is 0 Å². The molecule has 1 saturated carbocycles. The summed E-state index contributed by atoms with van der Waals surface area (Å²) in [6, 6.07) is 0.720. The van der Waals surface area contributed by atoms with Crippen molar-refractivity contribution in [1.29, 1.82) is 0 Å². The van der Waals surface area contributed by atoms with Crippen LogP contribution in [0, 0.1) is 5.92 Å². The van der Waals surface area contributed by atoms with Crippen LogP contribution in [0.4, 0.5) is 0 Å². The molecule has 0 aromatic rings. The highest BCUT2D eigenvalue weighted by molar-refractivity contribution is 4.93. The summed E-state index contributed by atoms with van der Waals surface area (Å²) in [7, 11) is 0. The molecule has 1 saturated heterocycles. The molecule has 1 aliphatic heterocycles.